The molecule has 0 atom stereocenters. The Hall–Kier alpha value is -1.000. The van der Waals surface area contributed by atoms with Gasteiger partial charge in [0.25, 0.3) is 0 Å². The van der Waals surface area contributed by atoms with Gasteiger partial charge in [0, 0.05) is 45.8 Å². The molecule has 0 radical (unpaired) electrons. The summed E-state index contributed by atoms with van der Waals surface area (Å²) < 4.78 is 31.2. The summed E-state index contributed by atoms with van der Waals surface area (Å²) in [6, 6.07) is 11.3. The van der Waals surface area contributed by atoms with E-state index in [0.29, 0.717) is 82.9 Å². The molecule has 2 aromatic carbocycles. The summed E-state index contributed by atoms with van der Waals surface area (Å²) in [5, 5.41) is 6.00. The lowest BCUT2D eigenvalue weighted by molar-refractivity contribution is -0.118. The number of fused-ring (bicyclic) bond motifs is 1. The molecular formula is C32H38O7S6. The van der Waals surface area contributed by atoms with Gasteiger partial charge in [0.2, 0.25) is 0 Å². The van der Waals surface area contributed by atoms with Gasteiger partial charge in [0.05, 0.1) is 61.3 Å². The summed E-state index contributed by atoms with van der Waals surface area (Å²) in [7, 11) is 0. The van der Waals surface area contributed by atoms with E-state index in [0.717, 1.165) is 16.5 Å². The Kier molecular flexibility index (Phi) is 17.2. The highest BCUT2D eigenvalue weighted by Gasteiger charge is 2.22. The van der Waals surface area contributed by atoms with Crippen molar-refractivity contribution in [3.63, 3.8) is 0 Å². The molecule has 4 rings (SSSR count). The van der Waals surface area contributed by atoms with Crippen molar-refractivity contribution >= 4 is 94.6 Å². The SMILES string of the molecule is O=C(CCS)CCC(=O)c1cccc2c(OCCOCCOCC3=CS/C(=C4\SC=C(COCCOCCS)S4)S3)cccc12. The van der Waals surface area contributed by atoms with E-state index in [1.165, 1.54) is 18.3 Å². The summed E-state index contributed by atoms with van der Waals surface area (Å²) in [5.41, 5.74) is 0.608. The van der Waals surface area contributed by atoms with Crippen molar-refractivity contribution < 1.29 is 33.3 Å². The van der Waals surface area contributed by atoms with E-state index < -0.39 is 0 Å². The zero-order valence-electron chi connectivity index (χ0n) is 24.9. The second kappa shape index (κ2) is 21.1. The van der Waals surface area contributed by atoms with Crippen molar-refractivity contribution in [2.45, 2.75) is 19.3 Å². The minimum absolute atomic E-state index is 0.0439. The van der Waals surface area contributed by atoms with Crippen LogP contribution in [-0.2, 0) is 23.7 Å². The average Bonchev–Trinajstić information content (AvgIpc) is 3.73. The monoisotopic (exact) mass is 726 g/mol. The number of benzene rings is 2. The lowest BCUT2D eigenvalue weighted by Crippen LogP contribution is -2.11. The normalized spacial score (nSPS) is 16.3. The summed E-state index contributed by atoms with van der Waals surface area (Å²) in [4.78, 5) is 27.1. The highest BCUT2D eigenvalue weighted by atomic mass is 32.2. The minimum atomic E-state index is -0.0439. The first-order valence-corrected chi connectivity index (χ1v) is 19.3. The lowest BCUT2D eigenvalue weighted by Gasteiger charge is -2.12. The molecule has 2 aromatic rings. The number of Topliss-reactive ketones (excluding diaryl/α,β-unsaturated/α-hetero) is 2. The van der Waals surface area contributed by atoms with Crippen molar-refractivity contribution in [2.24, 2.45) is 0 Å². The van der Waals surface area contributed by atoms with Gasteiger partial charge in [-0.25, -0.2) is 0 Å². The third kappa shape index (κ3) is 12.5. The number of thiol groups is 2. The number of rotatable bonds is 22. The van der Waals surface area contributed by atoms with Crippen LogP contribution in [0.15, 0.2) is 65.5 Å². The van der Waals surface area contributed by atoms with Gasteiger partial charge >= 0.3 is 0 Å². The van der Waals surface area contributed by atoms with Crippen LogP contribution < -0.4 is 4.74 Å². The van der Waals surface area contributed by atoms with Crippen molar-refractivity contribution in [3.05, 3.63) is 71.1 Å². The Balaban J connectivity index is 1.09. The number of thioether (sulfide) groups is 4. The molecule has 2 heterocycles. The van der Waals surface area contributed by atoms with Gasteiger partial charge in [-0.1, -0.05) is 77.4 Å². The van der Waals surface area contributed by atoms with E-state index in [1.54, 1.807) is 53.1 Å². The summed E-state index contributed by atoms with van der Waals surface area (Å²) in [5.74, 6) is 1.93. The van der Waals surface area contributed by atoms with Gasteiger partial charge < -0.3 is 23.7 Å². The first-order valence-electron chi connectivity index (χ1n) is 14.6. The van der Waals surface area contributed by atoms with Crippen LogP contribution in [-0.4, -0.2) is 82.5 Å². The second-order valence-corrected chi connectivity index (χ2v) is 15.1. The van der Waals surface area contributed by atoms with Crippen molar-refractivity contribution in [1.82, 2.24) is 0 Å². The molecule has 0 amide bonds. The van der Waals surface area contributed by atoms with Crippen molar-refractivity contribution in [3.8, 4) is 5.75 Å². The van der Waals surface area contributed by atoms with Crippen LogP contribution in [0.5, 0.6) is 5.75 Å². The summed E-state index contributed by atoms with van der Waals surface area (Å²) in [6.45, 7) is 4.76. The molecule has 0 N–H and O–H groups in total. The molecule has 0 saturated carbocycles. The molecule has 0 unspecified atom stereocenters. The maximum atomic E-state index is 12.8. The maximum absolute atomic E-state index is 12.8. The Morgan fingerprint density at radius 3 is 1.89 bits per heavy atom. The van der Waals surface area contributed by atoms with Gasteiger partial charge in [-0.2, -0.15) is 25.3 Å². The molecule has 2 aliphatic heterocycles. The molecule has 7 nitrogen and oxygen atoms in total. The molecule has 0 fully saturated rings. The van der Waals surface area contributed by atoms with Gasteiger partial charge in [-0.3, -0.25) is 9.59 Å². The van der Waals surface area contributed by atoms with E-state index in [9.17, 15) is 9.59 Å². The van der Waals surface area contributed by atoms with Crippen LogP contribution in [0, 0.1) is 0 Å². The van der Waals surface area contributed by atoms with E-state index in [4.69, 9.17) is 23.7 Å². The average molecular weight is 727 g/mol. The third-order valence-corrected chi connectivity index (χ3v) is 12.1. The molecule has 0 saturated heterocycles. The molecule has 0 aliphatic carbocycles. The molecule has 13 heteroatoms. The molecule has 45 heavy (non-hydrogen) atoms. The van der Waals surface area contributed by atoms with Crippen LogP contribution in [0.1, 0.15) is 29.6 Å². The van der Waals surface area contributed by atoms with Crippen LogP contribution >= 0.6 is 72.3 Å². The van der Waals surface area contributed by atoms with E-state index in [2.05, 4.69) is 36.1 Å². The summed E-state index contributed by atoms with van der Waals surface area (Å²) >= 11 is 15.2. The highest BCUT2D eigenvalue weighted by Crippen LogP contribution is 2.55. The standard InChI is InChI=1S/C32H38O7S6/c33-23(9-17-40)7-8-29(34)27-4-1-5-28-26(27)3-2-6-30(28)39-15-14-35-10-12-37-19-24-21-42-31(44-24)32-43-22-25(45-32)20-38-13-11-36-16-18-41/h1-6,21-22,40-41H,7-20H2/b32-31-. The third-order valence-electron chi connectivity index (χ3n) is 6.37. The molecule has 2 aliphatic rings. The number of hydrogen-bond acceptors (Lipinski definition) is 13. The zero-order valence-corrected chi connectivity index (χ0v) is 30.0. The number of carbonyl (C=O) groups excluding carboxylic acids is 2. The Labute approximate surface area is 293 Å². The quantitative estimate of drug-likeness (QED) is 0.0708. The molecule has 0 spiro atoms. The highest BCUT2D eigenvalue weighted by molar-refractivity contribution is 8.33. The predicted octanol–water partition coefficient (Wildman–Crippen LogP) is 7.84. The van der Waals surface area contributed by atoms with Crippen LogP contribution in [0.2, 0.25) is 0 Å². The molecular weight excluding hydrogens is 689 g/mol. The maximum Gasteiger partial charge on any atom is 0.163 e. The number of ketones is 2. The van der Waals surface area contributed by atoms with E-state index >= 15 is 0 Å². The second-order valence-electron chi connectivity index (χ2n) is 9.68. The first-order chi connectivity index (χ1) is 22.1. The Morgan fingerprint density at radius 2 is 1.22 bits per heavy atom. The van der Waals surface area contributed by atoms with Gasteiger partial charge in [0.15, 0.2) is 5.78 Å². The summed E-state index contributed by atoms with van der Waals surface area (Å²) in [6.07, 6.45) is 0.821. The van der Waals surface area contributed by atoms with E-state index in [1.807, 2.05) is 30.3 Å². The van der Waals surface area contributed by atoms with Crippen LogP contribution in [0.25, 0.3) is 10.8 Å². The Bertz CT molecular complexity index is 1380. The van der Waals surface area contributed by atoms with Crippen LogP contribution in [0.3, 0.4) is 0 Å². The fourth-order valence-electron chi connectivity index (χ4n) is 4.23. The zero-order chi connectivity index (χ0) is 31.7. The topological polar surface area (TPSA) is 80.3 Å². The van der Waals surface area contributed by atoms with Gasteiger partial charge in [-0.15, -0.1) is 0 Å². The fraction of sp³-hybridized carbons (Fsp3) is 0.438. The predicted molar refractivity (Wildman–Crippen MR) is 197 cm³/mol. The van der Waals surface area contributed by atoms with Crippen molar-refractivity contribution in [2.75, 3.05) is 71.0 Å². The van der Waals surface area contributed by atoms with Crippen molar-refractivity contribution in [1.29, 1.82) is 0 Å². The molecule has 0 bridgehead atoms. The van der Waals surface area contributed by atoms with Crippen LogP contribution in [0.4, 0.5) is 0 Å². The minimum Gasteiger partial charge on any atom is -0.491 e. The smallest absolute Gasteiger partial charge is 0.163 e. The number of hydrogen-bond donors (Lipinski definition) is 2. The Morgan fingerprint density at radius 1 is 0.622 bits per heavy atom. The van der Waals surface area contributed by atoms with Gasteiger partial charge in [0.1, 0.15) is 18.1 Å². The first kappa shape index (κ1) is 36.8. The van der Waals surface area contributed by atoms with E-state index in [-0.39, 0.29) is 24.4 Å². The van der Waals surface area contributed by atoms with Gasteiger partial charge in [-0.05, 0) is 28.0 Å². The molecule has 0 aromatic heterocycles. The fourth-order valence-corrected chi connectivity index (χ4v) is 9.41. The molecule has 244 valence electrons. The lowest BCUT2D eigenvalue weighted by atomic mass is 9.97. The largest absolute Gasteiger partial charge is 0.491 e. The number of ether oxygens (including phenoxy) is 5. The number of carbonyl (C=O) groups is 2.